The van der Waals surface area contributed by atoms with E-state index in [4.69, 9.17) is 4.74 Å². The molecule has 2 aromatic carbocycles. The van der Waals surface area contributed by atoms with Crippen molar-refractivity contribution in [2.45, 2.75) is 26.7 Å². The summed E-state index contributed by atoms with van der Waals surface area (Å²) in [6, 6.07) is 10.3. The minimum Gasteiger partial charge on any atom is -0.504 e. The first-order valence-corrected chi connectivity index (χ1v) is 9.42. The van der Waals surface area contributed by atoms with E-state index in [9.17, 15) is 9.90 Å². The van der Waals surface area contributed by atoms with Crippen LogP contribution in [0.1, 0.15) is 38.1 Å². The lowest BCUT2D eigenvalue weighted by atomic mass is 10.2. The van der Waals surface area contributed by atoms with Gasteiger partial charge in [0.05, 0.1) is 23.7 Å². The van der Waals surface area contributed by atoms with Gasteiger partial charge in [0.15, 0.2) is 11.5 Å². The van der Waals surface area contributed by atoms with Crippen molar-refractivity contribution >= 4 is 33.0 Å². The van der Waals surface area contributed by atoms with Crippen LogP contribution in [0.2, 0.25) is 0 Å². The molecular formula is C20H20BrN3O3. The van der Waals surface area contributed by atoms with E-state index in [2.05, 4.69) is 26.0 Å². The maximum Gasteiger partial charge on any atom is 0.282 e. The van der Waals surface area contributed by atoms with Crippen molar-refractivity contribution in [2.24, 2.45) is 5.10 Å². The number of aromatic nitrogens is 2. The zero-order valence-corrected chi connectivity index (χ0v) is 16.9. The van der Waals surface area contributed by atoms with Gasteiger partial charge in [0, 0.05) is 10.4 Å². The number of rotatable bonds is 5. The molecule has 3 rings (SSSR count). The summed E-state index contributed by atoms with van der Waals surface area (Å²) in [5, 5.41) is 14.7. The third-order valence-corrected chi connectivity index (χ3v) is 4.45. The number of hydrogen-bond acceptors (Lipinski definition) is 5. The maximum atomic E-state index is 13.0. The van der Waals surface area contributed by atoms with E-state index in [0.717, 1.165) is 4.47 Å². The molecule has 0 spiro atoms. The second-order valence-electron chi connectivity index (χ2n) is 6.31. The summed E-state index contributed by atoms with van der Waals surface area (Å²) in [7, 11) is 0. The van der Waals surface area contributed by atoms with E-state index in [-0.39, 0.29) is 17.2 Å². The van der Waals surface area contributed by atoms with E-state index in [1.54, 1.807) is 24.4 Å². The second-order valence-corrected chi connectivity index (χ2v) is 7.22. The first kappa shape index (κ1) is 19.1. The second kappa shape index (κ2) is 7.92. The van der Waals surface area contributed by atoms with Crippen molar-refractivity contribution in [1.82, 2.24) is 9.66 Å². The lowest BCUT2D eigenvalue weighted by Crippen LogP contribution is -2.23. The Bertz CT molecular complexity index is 1070. The first-order chi connectivity index (χ1) is 12.9. The van der Waals surface area contributed by atoms with Gasteiger partial charge in [-0.25, -0.2) is 4.98 Å². The van der Waals surface area contributed by atoms with Crippen LogP contribution in [0.3, 0.4) is 0 Å². The molecule has 0 saturated heterocycles. The zero-order chi connectivity index (χ0) is 19.6. The van der Waals surface area contributed by atoms with Crippen molar-refractivity contribution in [3.63, 3.8) is 0 Å². The Kier molecular flexibility index (Phi) is 5.60. The van der Waals surface area contributed by atoms with Gasteiger partial charge in [-0.2, -0.15) is 9.78 Å². The number of benzene rings is 2. The number of fused-ring (bicyclic) bond motifs is 1. The molecule has 0 unspecified atom stereocenters. The normalized spacial score (nSPS) is 11.6. The van der Waals surface area contributed by atoms with Gasteiger partial charge in [-0.05, 0) is 48.9 Å². The highest BCUT2D eigenvalue weighted by atomic mass is 79.9. The molecule has 0 saturated carbocycles. The van der Waals surface area contributed by atoms with E-state index in [1.165, 1.54) is 10.7 Å². The molecule has 0 atom stereocenters. The van der Waals surface area contributed by atoms with Gasteiger partial charge in [-0.3, -0.25) is 4.79 Å². The largest absolute Gasteiger partial charge is 0.504 e. The topological polar surface area (TPSA) is 76.7 Å². The lowest BCUT2D eigenvalue weighted by Gasteiger charge is -2.12. The van der Waals surface area contributed by atoms with Crippen molar-refractivity contribution in [1.29, 1.82) is 0 Å². The van der Waals surface area contributed by atoms with Crippen LogP contribution >= 0.6 is 15.9 Å². The number of nitrogens with zero attached hydrogens (tertiary/aromatic N) is 3. The third kappa shape index (κ3) is 4.03. The molecule has 0 fully saturated rings. The Morgan fingerprint density at radius 3 is 2.78 bits per heavy atom. The fourth-order valence-corrected chi connectivity index (χ4v) is 3.02. The molecule has 27 heavy (non-hydrogen) atoms. The highest BCUT2D eigenvalue weighted by molar-refractivity contribution is 9.10. The van der Waals surface area contributed by atoms with Gasteiger partial charge >= 0.3 is 0 Å². The highest BCUT2D eigenvalue weighted by Gasteiger charge is 2.13. The van der Waals surface area contributed by atoms with Crippen LogP contribution in [0, 0.1) is 0 Å². The highest BCUT2D eigenvalue weighted by Crippen LogP contribution is 2.26. The average molecular weight is 430 g/mol. The van der Waals surface area contributed by atoms with Gasteiger partial charge < -0.3 is 9.84 Å². The van der Waals surface area contributed by atoms with Crippen LogP contribution in [0.4, 0.5) is 0 Å². The van der Waals surface area contributed by atoms with Crippen LogP contribution in [-0.4, -0.2) is 27.6 Å². The molecular weight excluding hydrogens is 410 g/mol. The maximum absolute atomic E-state index is 13.0. The molecule has 1 aromatic heterocycles. The minimum absolute atomic E-state index is 0.0155. The number of ether oxygens (including phenoxy) is 1. The predicted octanol–water partition coefficient (Wildman–Crippen LogP) is 4.27. The molecule has 0 aliphatic rings. The fraction of sp³-hybridized carbons (Fsp3) is 0.250. The molecule has 1 N–H and O–H groups in total. The van der Waals surface area contributed by atoms with Crippen LogP contribution < -0.4 is 10.3 Å². The van der Waals surface area contributed by atoms with Crippen LogP contribution in [-0.2, 0) is 0 Å². The standard InChI is InChI=1S/C20H20BrN3O3/c1-4-27-18-9-13(5-8-17(18)25)11-22-24-19(12(2)3)23-16-7-6-14(21)10-15(16)20(24)26/h5-12,25H,4H2,1-3H3. The summed E-state index contributed by atoms with van der Waals surface area (Å²) in [6.07, 6.45) is 1.56. The number of halogens is 1. The zero-order valence-electron chi connectivity index (χ0n) is 15.3. The molecule has 140 valence electrons. The van der Waals surface area contributed by atoms with E-state index in [1.807, 2.05) is 32.9 Å². The SMILES string of the molecule is CCOc1cc(C=Nn2c(C(C)C)nc3ccc(Br)cc3c2=O)ccc1O. The summed E-state index contributed by atoms with van der Waals surface area (Å²) in [5.41, 5.74) is 1.11. The van der Waals surface area contributed by atoms with Crippen molar-refractivity contribution in [2.75, 3.05) is 6.61 Å². The predicted molar refractivity (Wildman–Crippen MR) is 110 cm³/mol. The fourth-order valence-electron chi connectivity index (χ4n) is 2.66. The van der Waals surface area contributed by atoms with Crippen molar-refractivity contribution in [3.8, 4) is 11.5 Å². The Morgan fingerprint density at radius 2 is 2.07 bits per heavy atom. The molecule has 0 radical (unpaired) electrons. The Labute approximate surface area is 165 Å². The van der Waals surface area contributed by atoms with Crippen LogP contribution in [0.25, 0.3) is 10.9 Å². The number of hydrogen-bond donors (Lipinski definition) is 1. The lowest BCUT2D eigenvalue weighted by molar-refractivity contribution is 0.318. The number of phenolic OH excluding ortho intramolecular Hbond substituents is 1. The molecule has 1 heterocycles. The van der Waals surface area contributed by atoms with Gasteiger partial charge in [0.1, 0.15) is 5.82 Å². The van der Waals surface area contributed by atoms with Crippen molar-refractivity contribution < 1.29 is 9.84 Å². The smallest absolute Gasteiger partial charge is 0.282 e. The summed E-state index contributed by atoms with van der Waals surface area (Å²) in [5.74, 6) is 1.03. The monoisotopic (exact) mass is 429 g/mol. The van der Waals surface area contributed by atoms with Crippen molar-refractivity contribution in [3.05, 3.63) is 62.6 Å². The Balaban J connectivity index is 2.12. The van der Waals surface area contributed by atoms with Gasteiger partial charge in [0.25, 0.3) is 5.56 Å². The van der Waals surface area contributed by atoms with E-state index in [0.29, 0.717) is 34.6 Å². The summed E-state index contributed by atoms with van der Waals surface area (Å²) in [4.78, 5) is 17.6. The van der Waals surface area contributed by atoms with Crippen LogP contribution in [0.15, 0.2) is 50.8 Å². The van der Waals surface area contributed by atoms with E-state index < -0.39 is 0 Å². The first-order valence-electron chi connectivity index (χ1n) is 8.63. The molecule has 0 aliphatic carbocycles. The molecule has 0 bridgehead atoms. The summed E-state index contributed by atoms with van der Waals surface area (Å²) < 4.78 is 7.52. The quantitative estimate of drug-likeness (QED) is 0.614. The molecule has 6 nitrogen and oxygen atoms in total. The third-order valence-electron chi connectivity index (χ3n) is 3.96. The van der Waals surface area contributed by atoms with Gasteiger partial charge in [0.2, 0.25) is 0 Å². The Morgan fingerprint density at radius 1 is 1.30 bits per heavy atom. The minimum atomic E-state index is -0.231. The molecule has 3 aromatic rings. The Hall–Kier alpha value is -2.67. The number of aromatic hydroxyl groups is 1. The molecule has 7 heteroatoms. The van der Waals surface area contributed by atoms with Gasteiger partial charge in [-0.1, -0.05) is 29.8 Å². The average Bonchev–Trinajstić information content (AvgIpc) is 2.63. The molecule has 0 amide bonds. The summed E-state index contributed by atoms with van der Waals surface area (Å²) in [6.45, 7) is 6.21. The number of phenols is 1. The van der Waals surface area contributed by atoms with Crippen LogP contribution in [0.5, 0.6) is 11.5 Å². The summed E-state index contributed by atoms with van der Waals surface area (Å²) >= 11 is 3.39. The van der Waals surface area contributed by atoms with Gasteiger partial charge in [-0.15, -0.1) is 0 Å². The molecule has 0 aliphatic heterocycles. The van der Waals surface area contributed by atoms with E-state index >= 15 is 0 Å².